The fourth-order valence-corrected chi connectivity index (χ4v) is 6.32. The van der Waals surface area contributed by atoms with Gasteiger partial charge in [-0.05, 0) is 89.8 Å². The number of carbonyl (C=O) groups is 2. The first-order valence-corrected chi connectivity index (χ1v) is 18.1. The van der Waals surface area contributed by atoms with Crippen LogP contribution in [-0.2, 0) is 39.4 Å². The molecule has 14 heteroatoms. The number of pyridine rings is 1. The van der Waals surface area contributed by atoms with Crippen molar-refractivity contribution in [3.63, 3.8) is 0 Å². The number of ketones is 1. The maximum Gasteiger partial charge on any atom is 0.408 e. The minimum absolute atomic E-state index is 0.0152. The molecule has 11 nitrogen and oxygen atoms in total. The van der Waals surface area contributed by atoms with Crippen LogP contribution in [0.3, 0.4) is 0 Å². The van der Waals surface area contributed by atoms with Crippen molar-refractivity contribution < 1.29 is 36.4 Å². The lowest BCUT2D eigenvalue weighted by molar-refractivity contribution is 0.103. The monoisotopic (exact) mass is 705 g/mol. The summed E-state index contributed by atoms with van der Waals surface area (Å²) in [5, 5.41) is 2.54. The molecule has 3 aromatic rings. The minimum atomic E-state index is -3.84. The number of amides is 1. The van der Waals surface area contributed by atoms with Crippen molar-refractivity contribution in [2.45, 2.75) is 71.2 Å². The molecule has 0 radical (unpaired) electrons. The van der Waals surface area contributed by atoms with Gasteiger partial charge in [0.15, 0.2) is 33.1 Å². The number of ether oxygens (including phenoxy) is 2. The highest BCUT2D eigenvalue weighted by atomic mass is 32.2. The molecule has 0 aliphatic rings. The van der Waals surface area contributed by atoms with Crippen molar-refractivity contribution in [1.29, 1.82) is 0 Å². The Balaban J connectivity index is 2.11. The van der Waals surface area contributed by atoms with Gasteiger partial charge >= 0.3 is 6.09 Å². The van der Waals surface area contributed by atoms with Gasteiger partial charge < -0.3 is 23.9 Å². The zero-order valence-corrected chi connectivity index (χ0v) is 30.4. The molecule has 2 aromatic carbocycles. The van der Waals surface area contributed by atoms with E-state index in [1.165, 1.54) is 29.9 Å². The molecule has 262 valence electrons. The smallest absolute Gasteiger partial charge is 0.408 e. The average Bonchev–Trinajstić information content (AvgIpc) is 2.98. The molecule has 1 aromatic heterocycles. The zero-order chi connectivity index (χ0) is 36.2. The third-order valence-corrected chi connectivity index (χ3v) is 10.1. The number of methoxy groups -OCH3 is 1. The molecule has 0 saturated heterocycles. The van der Waals surface area contributed by atoms with E-state index in [4.69, 9.17) is 9.47 Å². The number of carbonyl (C=O) groups excluding carboxylic acids is 2. The van der Waals surface area contributed by atoms with Gasteiger partial charge in [0.05, 0.1) is 18.9 Å². The number of alkyl carbamates (subject to hydrolysis) is 1. The van der Waals surface area contributed by atoms with E-state index < -0.39 is 61.2 Å². The third kappa shape index (κ3) is 10.4. The van der Waals surface area contributed by atoms with Crippen LogP contribution < -0.4 is 20.3 Å². The Labute approximate surface area is 284 Å². The summed E-state index contributed by atoms with van der Waals surface area (Å²) in [5.41, 5.74) is 1.24. The maximum absolute atomic E-state index is 14.2. The van der Waals surface area contributed by atoms with Crippen LogP contribution in [0.5, 0.6) is 5.75 Å². The predicted molar refractivity (Wildman–Crippen MR) is 185 cm³/mol. The Bertz CT molecular complexity index is 1830. The van der Waals surface area contributed by atoms with Crippen LogP contribution in [0.1, 0.15) is 81.6 Å². The van der Waals surface area contributed by atoms with E-state index in [0.29, 0.717) is 22.3 Å². The van der Waals surface area contributed by atoms with Gasteiger partial charge in [0.2, 0.25) is 0 Å². The number of hydrogen-bond donors (Lipinski definition) is 2. The van der Waals surface area contributed by atoms with Gasteiger partial charge in [0, 0.05) is 52.9 Å². The Morgan fingerprint density at radius 1 is 1.04 bits per heavy atom. The van der Waals surface area contributed by atoms with Crippen LogP contribution in [0.15, 0.2) is 53.5 Å². The van der Waals surface area contributed by atoms with E-state index in [2.05, 4.69) is 10.0 Å². The van der Waals surface area contributed by atoms with Gasteiger partial charge in [0.25, 0.3) is 5.56 Å². The Morgan fingerprint density at radius 2 is 1.71 bits per heavy atom. The van der Waals surface area contributed by atoms with E-state index >= 15 is 0 Å². The molecule has 1 amide bonds. The summed E-state index contributed by atoms with van der Waals surface area (Å²) in [4.78, 5) is 38.8. The molecular weight excluding hydrogens is 662 g/mol. The molecule has 0 fully saturated rings. The number of benzene rings is 2. The highest BCUT2D eigenvalue weighted by Gasteiger charge is 2.30. The second-order valence-electron chi connectivity index (χ2n) is 13.5. The number of nitrogens with one attached hydrogen (secondary N) is 2. The molecule has 0 aliphatic heterocycles. The molecule has 0 bridgehead atoms. The largest absolute Gasteiger partial charge is 0.598 e. The topological polar surface area (TPSA) is 156 Å². The lowest BCUT2D eigenvalue weighted by Crippen LogP contribution is -2.41. The van der Waals surface area contributed by atoms with Gasteiger partial charge in [-0.2, -0.15) is 0 Å². The van der Waals surface area contributed by atoms with Crippen LogP contribution in [0.2, 0.25) is 0 Å². The highest BCUT2D eigenvalue weighted by Crippen LogP contribution is 2.34. The second-order valence-corrected chi connectivity index (χ2v) is 17.6. The van der Waals surface area contributed by atoms with Gasteiger partial charge in [-0.3, -0.25) is 9.59 Å². The van der Waals surface area contributed by atoms with Crippen molar-refractivity contribution in [3.05, 3.63) is 87.1 Å². The van der Waals surface area contributed by atoms with E-state index in [0.717, 1.165) is 6.07 Å². The fraction of sp³-hybridized carbons (Fsp3) is 0.441. The summed E-state index contributed by atoms with van der Waals surface area (Å²) < 4.78 is 66.6. The van der Waals surface area contributed by atoms with Gasteiger partial charge in [0.1, 0.15) is 4.75 Å². The quantitative estimate of drug-likeness (QED) is 0.196. The number of sulfone groups is 1. The van der Waals surface area contributed by atoms with Gasteiger partial charge in [-0.1, -0.05) is 18.2 Å². The molecule has 0 saturated carbocycles. The minimum Gasteiger partial charge on any atom is -0.598 e. The van der Waals surface area contributed by atoms with Crippen LogP contribution in [0, 0.1) is 5.82 Å². The summed E-state index contributed by atoms with van der Waals surface area (Å²) in [6.45, 7) is 12.4. The summed E-state index contributed by atoms with van der Waals surface area (Å²) in [6, 6.07) is 9.35. The first-order chi connectivity index (χ1) is 22.1. The number of nitrogens with zero attached hydrogens (tertiary/aromatic N) is 1. The molecular formula is C34H44FN3O8S2. The SMILES string of the molecule is COc1cc(C(=O)c2ccc(CCS(=O)(=O)COC(=O)NC(C)(C)C)cc2-c2cn(C)c(=O)cc2C(C)N[S@@+]([O-])C(C)(C)C)ccc1F. The average molecular weight is 706 g/mol. The summed E-state index contributed by atoms with van der Waals surface area (Å²) >= 11 is -1.51. The van der Waals surface area contributed by atoms with Crippen molar-refractivity contribution in [2.75, 3.05) is 18.8 Å². The summed E-state index contributed by atoms with van der Waals surface area (Å²) in [5.74, 6) is -2.41. The van der Waals surface area contributed by atoms with Crippen LogP contribution in [0.4, 0.5) is 9.18 Å². The molecule has 2 atom stereocenters. The van der Waals surface area contributed by atoms with E-state index in [1.54, 1.807) is 79.9 Å². The van der Waals surface area contributed by atoms with Crippen LogP contribution >= 0.6 is 0 Å². The standard InChI is InChI=1S/C34H44FN3O8S2/c1-21(37-47(42)34(5,6)7)25-18-30(39)38(8)19-27(25)26-16-22(14-15-48(43,44)20-46-32(41)36-33(2,3)4)10-12-24(26)31(40)23-11-13-28(35)29(17-23)45-9/h10-13,16-19,21,37H,14-15,20H2,1-9H3,(H,36,41)/t21?,47-/m0/s1. The highest BCUT2D eigenvalue weighted by molar-refractivity contribution is 7.91. The number of halogens is 1. The number of aromatic nitrogens is 1. The van der Waals surface area contributed by atoms with E-state index in [-0.39, 0.29) is 34.6 Å². The number of hydrogen-bond acceptors (Lipinski definition) is 9. The second kappa shape index (κ2) is 15.2. The Hall–Kier alpha value is -3.72. The Kier molecular flexibility index (Phi) is 12.3. The summed E-state index contributed by atoms with van der Waals surface area (Å²) in [6.07, 6.45) is 0.725. The molecule has 0 spiro atoms. The lowest BCUT2D eigenvalue weighted by Gasteiger charge is -2.27. The van der Waals surface area contributed by atoms with Crippen LogP contribution in [-0.4, -0.2) is 58.5 Å². The predicted octanol–water partition coefficient (Wildman–Crippen LogP) is 4.98. The summed E-state index contributed by atoms with van der Waals surface area (Å²) in [7, 11) is -0.997. The van der Waals surface area contributed by atoms with Gasteiger partial charge in [-0.25, -0.2) is 17.6 Å². The molecule has 48 heavy (non-hydrogen) atoms. The zero-order valence-electron chi connectivity index (χ0n) is 28.7. The molecule has 3 rings (SSSR count). The maximum atomic E-state index is 14.2. The third-order valence-electron chi connectivity index (χ3n) is 7.15. The fourth-order valence-electron chi connectivity index (χ4n) is 4.57. The molecule has 1 unspecified atom stereocenters. The first-order valence-electron chi connectivity index (χ1n) is 15.2. The number of aryl methyl sites for hydroxylation is 2. The van der Waals surface area contributed by atoms with Gasteiger partial charge in [-0.15, -0.1) is 4.72 Å². The van der Waals surface area contributed by atoms with Crippen molar-refractivity contribution >= 4 is 33.1 Å². The first kappa shape index (κ1) is 38.7. The van der Waals surface area contributed by atoms with Crippen molar-refractivity contribution in [3.8, 4) is 16.9 Å². The lowest BCUT2D eigenvalue weighted by atomic mass is 9.89. The number of rotatable bonds is 12. The van der Waals surface area contributed by atoms with E-state index in [9.17, 15) is 31.7 Å². The molecule has 1 heterocycles. The normalized spacial score (nSPS) is 13.5. The van der Waals surface area contributed by atoms with Crippen LogP contribution in [0.25, 0.3) is 11.1 Å². The molecule has 0 aliphatic carbocycles. The van der Waals surface area contributed by atoms with Crippen molar-refractivity contribution in [2.24, 2.45) is 7.05 Å². The molecule has 2 N–H and O–H groups in total. The van der Waals surface area contributed by atoms with Crippen molar-refractivity contribution in [1.82, 2.24) is 14.6 Å². The van der Waals surface area contributed by atoms with E-state index in [1.807, 2.05) is 0 Å². The Morgan fingerprint density at radius 3 is 2.31 bits per heavy atom.